The van der Waals surface area contributed by atoms with Crippen LogP contribution in [0.25, 0.3) is 6.08 Å². The third-order valence-corrected chi connectivity index (χ3v) is 11.2. The van der Waals surface area contributed by atoms with Crippen LogP contribution in [-0.4, -0.2) is 29.8 Å². The smallest absolute Gasteiger partial charge is 0.254 e. The van der Waals surface area contributed by atoms with Gasteiger partial charge in [-0.05, 0) is 114 Å². The second kappa shape index (κ2) is 15.5. The molecule has 9 heteroatoms. The number of hydrogen-bond acceptors (Lipinski definition) is 6. The lowest BCUT2D eigenvalue weighted by atomic mass is 9.87. The molecule has 6 nitrogen and oxygen atoms in total. The number of carbonyl (C=O) groups is 1. The highest BCUT2D eigenvalue weighted by atomic mass is 32.1. The fourth-order valence-electron chi connectivity index (χ4n) is 7.27. The first-order valence-corrected chi connectivity index (χ1v) is 18.0. The van der Waals surface area contributed by atoms with Crippen molar-refractivity contribution in [3.05, 3.63) is 104 Å². The number of halogens is 2. The Hall–Kier alpha value is -4.24. The molecule has 1 heterocycles. The number of anilines is 1. The lowest BCUT2D eigenvalue weighted by Crippen LogP contribution is -2.17. The third-order valence-electron chi connectivity index (χ3n) is 10.3. The number of benzene rings is 2. The topological polar surface area (TPSA) is 122 Å². The number of ether oxygens (including phenoxy) is 1. The van der Waals surface area contributed by atoms with Crippen molar-refractivity contribution in [1.82, 2.24) is 0 Å². The SMILES string of the molecule is C=C1Cc2c(c(O)c(C(N)=O)c(N)c2CCc2cccs2)C=C/C1=C\C(=N)c1ccc(C2CCCC(CCC(F)(F)CC)CC2)cc1OC. The first kappa shape index (κ1) is 36.1. The minimum absolute atomic E-state index is 0.0347. The van der Waals surface area contributed by atoms with Crippen LogP contribution in [-0.2, 0) is 19.3 Å². The molecular formula is C40H47F2N3O3S. The van der Waals surface area contributed by atoms with Crippen LogP contribution in [0.5, 0.6) is 11.5 Å². The number of nitrogen functional groups attached to an aromatic ring is 1. The molecular weight excluding hydrogens is 641 g/mol. The summed E-state index contributed by atoms with van der Waals surface area (Å²) in [4.78, 5) is 13.6. The first-order chi connectivity index (χ1) is 23.4. The van der Waals surface area contributed by atoms with Gasteiger partial charge in [-0.2, -0.15) is 0 Å². The Kier molecular flexibility index (Phi) is 11.4. The highest BCUT2D eigenvalue weighted by molar-refractivity contribution is 7.09. The summed E-state index contributed by atoms with van der Waals surface area (Å²) >= 11 is 1.65. The van der Waals surface area contributed by atoms with Crippen molar-refractivity contribution in [2.75, 3.05) is 12.8 Å². The van der Waals surface area contributed by atoms with Gasteiger partial charge in [-0.1, -0.05) is 50.6 Å². The Morgan fingerprint density at radius 3 is 2.67 bits per heavy atom. The predicted octanol–water partition coefficient (Wildman–Crippen LogP) is 9.54. The van der Waals surface area contributed by atoms with E-state index in [2.05, 4.69) is 12.6 Å². The van der Waals surface area contributed by atoms with Crippen LogP contribution in [0.1, 0.15) is 107 Å². The zero-order chi connectivity index (χ0) is 35.3. The fourth-order valence-corrected chi connectivity index (χ4v) is 7.98. The minimum atomic E-state index is -2.57. The van der Waals surface area contributed by atoms with Gasteiger partial charge in [-0.15, -0.1) is 11.3 Å². The van der Waals surface area contributed by atoms with E-state index in [0.29, 0.717) is 53.5 Å². The van der Waals surface area contributed by atoms with Gasteiger partial charge in [0.25, 0.3) is 5.91 Å². The molecule has 6 N–H and O–H groups in total. The summed E-state index contributed by atoms with van der Waals surface area (Å²) in [7, 11) is 1.60. The molecule has 2 aromatic carbocycles. The Morgan fingerprint density at radius 1 is 1.18 bits per heavy atom. The molecule has 0 saturated heterocycles. The number of hydrogen-bond donors (Lipinski definition) is 4. The average molecular weight is 688 g/mol. The maximum absolute atomic E-state index is 13.9. The molecule has 1 fully saturated rings. The van der Waals surface area contributed by atoms with E-state index in [1.807, 2.05) is 29.6 Å². The first-order valence-electron chi connectivity index (χ1n) is 17.1. The number of amides is 1. The number of thiophene rings is 1. The van der Waals surface area contributed by atoms with Gasteiger partial charge in [0.05, 0.1) is 18.5 Å². The van der Waals surface area contributed by atoms with Crippen molar-refractivity contribution in [1.29, 1.82) is 5.41 Å². The van der Waals surface area contributed by atoms with Crippen molar-refractivity contribution in [3.8, 4) is 11.5 Å². The van der Waals surface area contributed by atoms with Crippen LogP contribution in [0.4, 0.5) is 14.5 Å². The Morgan fingerprint density at radius 2 is 1.98 bits per heavy atom. The Bertz CT molecular complexity index is 1780. The zero-order valence-corrected chi connectivity index (χ0v) is 29.2. The number of fused-ring (bicyclic) bond motifs is 1. The number of carbonyl (C=O) groups excluding carboxylic acids is 1. The number of nitrogens with one attached hydrogen (secondary N) is 1. The number of rotatable bonds is 12. The van der Waals surface area contributed by atoms with Crippen molar-refractivity contribution in [2.45, 2.75) is 89.4 Å². The van der Waals surface area contributed by atoms with Gasteiger partial charge in [0.15, 0.2) is 0 Å². The predicted molar refractivity (Wildman–Crippen MR) is 196 cm³/mol. The van der Waals surface area contributed by atoms with E-state index in [1.54, 1.807) is 43.6 Å². The second-order valence-electron chi connectivity index (χ2n) is 13.4. The molecule has 1 aromatic heterocycles. The minimum Gasteiger partial charge on any atom is -0.506 e. The normalized spacial score (nSPS) is 18.9. The number of primary amides is 1. The Labute approximate surface area is 292 Å². The van der Waals surface area contributed by atoms with Gasteiger partial charge in [-0.25, -0.2) is 8.78 Å². The summed E-state index contributed by atoms with van der Waals surface area (Å²) in [6.07, 6.45) is 12.2. The third kappa shape index (κ3) is 8.32. The monoisotopic (exact) mass is 687 g/mol. The highest BCUT2D eigenvalue weighted by Crippen LogP contribution is 2.42. The van der Waals surface area contributed by atoms with Crippen molar-refractivity contribution in [3.63, 3.8) is 0 Å². The molecule has 5 rings (SSSR count). The van der Waals surface area contributed by atoms with Crippen LogP contribution < -0.4 is 16.2 Å². The molecule has 0 spiro atoms. The van der Waals surface area contributed by atoms with Gasteiger partial charge in [-0.3, -0.25) is 4.79 Å². The molecule has 1 saturated carbocycles. The second-order valence-corrected chi connectivity index (χ2v) is 14.4. The van der Waals surface area contributed by atoms with Gasteiger partial charge < -0.3 is 26.7 Å². The molecule has 260 valence electrons. The summed E-state index contributed by atoms with van der Waals surface area (Å²) in [5.74, 6) is -2.37. The standard InChI is InChI=1S/C40H47F2N3O3S/c1-4-40(41,42)19-18-25-7-5-8-26(11-10-25)28-13-16-32(35(23-28)48-3)34(43)22-27-12-15-31-33(21-24(27)2)30(17-14-29-9-6-20-49-29)37(44)36(38(31)46)39(45)47/h6,9,12-13,15-16,20,22-23,25-26,43,46H,2,4-5,7-8,10-11,14,17-19,21,44H2,1,3H3,(H2,45,47)/b27-22+,43-34?. The molecule has 0 aliphatic heterocycles. The number of aryl methyl sites for hydroxylation is 1. The van der Waals surface area contributed by atoms with Crippen LogP contribution in [0.15, 0.2) is 65.6 Å². The summed E-state index contributed by atoms with van der Waals surface area (Å²) < 4.78 is 33.5. The van der Waals surface area contributed by atoms with E-state index in [0.717, 1.165) is 60.8 Å². The fraction of sp³-hybridized carbons (Fsp3) is 0.400. The number of nitrogens with two attached hydrogens (primary N) is 2. The zero-order valence-electron chi connectivity index (χ0n) is 28.4. The Balaban J connectivity index is 1.36. The van der Waals surface area contributed by atoms with Crippen LogP contribution >= 0.6 is 11.3 Å². The van der Waals surface area contributed by atoms with Crippen LogP contribution in [0, 0.1) is 11.3 Å². The molecule has 0 bridgehead atoms. The molecule has 2 aliphatic rings. The number of allylic oxidation sites excluding steroid dienone is 4. The average Bonchev–Trinajstić information content (AvgIpc) is 3.41. The number of alkyl halides is 2. The number of aromatic hydroxyl groups is 1. The van der Waals surface area contributed by atoms with E-state index in [-0.39, 0.29) is 35.6 Å². The molecule has 2 aliphatic carbocycles. The summed E-state index contributed by atoms with van der Waals surface area (Å²) in [5.41, 5.74) is 17.8. The van der Waals surface area contributed by atoms with Crippen molar-refractivity contribution in [2.24, 2.45) is 11.7 Å². The molecule has 49 heavy (non-hydrogen) atoms. The van der Waals surface area contributed by atoms with Gasteiger partial charge in [0.1, 0.15) is 17.1 Å². The largest absolute Gasteiger partial charge is 0.506 e. The summed E-state index contributed by atoms with van der Waals surface area (Å²) in [6, 6.07) is 10.0. The van der Waals surface area contributed by atoms with Crippen molar-refractivity contribution >= 4 is 34.7 Å². The van der Waals surface area contributed by atoms with Gasteiger partial charge in [0, 0.05) is 28.8 Å². The molecule has 1 amide bonds. The van der Waals surface area contributed by atoms with Gasteiger partial charge in [0.2, 0.25) is 5.92 Å². The van der Waals surface area contributed by atoms with E-state index >= 15 is 0 Å². The quantitative estimate of drug-likeness (QED) is 0.0861. The van der Waals surface area contributed by atoms with Gasteiger partial charge >= 0.3 is 0 Å². The summed E-state index contributed by atoms with van der Waals surface area (Å²) in [6.45, 7) is 5.88. The number of methoxy groups -OCH3 is 1. The van der Waals surface area contributed by atoms with E-state index < -0.39 is 11.8 Å². The lowest BCUT2D eigenvalue weighted by molar-refractivity contribution is -0.0175. The molecule has 0 radical (unpaired) electrons. The number of phenols is 1. The summed E-state index contributed by atoms with van der Waals surface area (Å²) in [5, 5.41) is 22.2. The highest BCUT2D eigenvalue weighted by Gasteiger charge is 2.29. The van der Waals surface area contributed by atoms with E-state index in [4.69, 9.17) is 21.6 Å². The molecule has 3 aromatic rings. The van der Waals surface area contributed by atoms with E-state index in [9.17, 15) is 18.7 Å². The maximum Gasteiger partial charge on any atom is 0.254 e. The maximum atomic E-state index is 13.9. The van der Waals surface area contributed by atoms with Crippen LogP contribution in [0.3, 0.4) is 0 Å². The molecule has 2 unspecified atom stereocenters. The van der Waals surface area contributed by atoms with Crippen molar-refractivity contribution < 1.29 is 23.4 Å². The molecule has 2 atom stereocenters. The van der Waals surface area contributed by atoms with E-state index in [1.165, 1.54) is 4.88 Å². The van der Waals surface area contributed by atoms with Crippen LogP contribution in [0.2, 0.25) is 0 Å². The lowest BCUT2D eigenvalue weighted by Gasteiger charge is -2.20.